The molecule has 2 aromatic heterocycles. The Morgan fingerprint density at radius 1 is 1.11 bits per heavy atom. The largest absolute Gasteiger partial charge is 0.417 e. The van der Waals surface area contributed by atoms with Crippen LogP contribution in [0.25, 0.3) is 21.9 Å². The molecule has 0 fully saturated rings. The summed E-state index contributed by atoms with van der Waals surface area (Å²) in [6.07, 6.45) is 3.93. The van der Waals surface area contributed by atoms with Gasteiger partial charge in [-0.05, 0) is 37.0 Å². The number of hydrogen-bond donors (Lipinski definition) is 0. The number of aryl methyl sites for hydroxylation is 1. The first-order chi connectivity index (χ1) is 12.7. The van der Waals surface area contributed by atoms with Gasteiger partial charge in [-0.3, -0.25) is 4.98 Å². The van der Waals surface area contributed by atoms with Crippen molar-refractivity contribution in [1.82, 2.24) is 14.5 Å². The van der Waals surface area contributed by atoms with Crippen LogP contribution in [-0.2, 0) is 16.9 Å². The Morgan fingerprint density at radius 3 is 2.56 bits per heavy atom. The summed E-state index contributed by atoms with van der Waals surface area (Å²) < 4.78 is 8.57. The van der Waals surface area contributed by atoms with Gasteiger partial charge in [-0.1, -0.05) is 39.0 Å². The molecule has 0 amide bonds. The number of rotatable bonds is 7. The first-order valence-electron chi connectivity index (χ1n) is 9.67. The monoisotopic (exact) mass is 403 g/mol. The molecule has 2 heterocycles. The number of unbranched alkanes of at least 4 members (excludes halogenated alkanes) is 1. The van der Waals surface area contributed by atoms with Gasteiger partial charge in [-0.2, -0.15) is 0 Å². The SMILES string of the molecule is CC(C)(C)[Si](C)(C)OCCCCn1c(CCl)nc2cnc3ccccc3c21. The van der Waals surface area contributed by atoms with Crippen LogP contribution in [0.15, 0.2) is 30.5 Å². The predicted molar refractivity (Wildman–Crippen MR) is 117 cm³/mol. The van der Waals surface area contributed by atoms with Crippen LogP contribution < -0.4 is 0 Å². The van der Waals surface area contributed by atoms with Crippen LogP contribution in [0.5, 0.6) is 0 Å². The molecule has 0 aliphatic heterocycles. The van der Waals surface area contributed by atoms with Gasteiger partial charge in [0.1, 0.15) is 11.3 Å². The fraction of sp³-hybridized carbons (Fsp3) is 0.524. The third-order valence-corrected chi connectivity index (χ3v) is 10.5. The van der Waals surface area contributed by atoms with Crippen LogP contribution in [0.2, 0.25) is 18.1 Å². The molecule has 3 rings (SSSR count). The molecule has 4 nitrogen and oxygen atoms in total. The molecule has 146 valence electrons. The highest BCUT2D eigenvalue weighted by Gasteiger charge is 2.36. The summed E-state index contributed by atoms with van der Waals surface area (Å²) in [7, 11) is -1.67. The van der Waals surface area contributed by atoms with Crippen molar-refractivity contribution >= 4 is 41.9 Å². The average Bonchev–Trinajstić information content (AvgIpc) is 2.98. The normalized spacial score (nSPS) is 13.0. The lowest BCUT2D eigenvalue weighted by Gasteiger charge is -2.36. The summed E-state index contributed by atoms with van der Waals surface area (Å²) >= 11 is 6.18. The fourth-order valence-corrected chi connectivity index (χ4v) is 4.36. The van der Waals surface area contributed by atoms with Gasteiger partial charge in [0.05, 0.1) is 23.1 Å². The maximum absolute atomic E-state index is 6.31. The summed E-state index contributed by atoms with van der Waals surface area (Å²) in [5.41, 5.74) is 3.05. The molecule has 3 aromatic rings. The molecule has 6 heteroatoms. The molecule has 0 aliphatic carbocycles. The summed E-state index contributed by atoms with van der Waals surface area (Å²) in [5.74, 6) is 1.32. The number of aromatic nitrogens is 3. The van der Waals surface area contributed by atoms with E-state index in [9.17, 15) is 0 Å². The third kappa shape index (κ3) is 4.20. The molecular weight excluding hydrogens is 374 g/mol. The lowest BCUT2D eigenvalue weighted by Crippen LogP contribution is -2.40. The minimum atomic E-state index is -1.67. The van der Waals surface area contributed by atoms with E-state index in [0.717, 1.165) is 53.8 Å². The van der Waals surface area contributed by atoms with E-state index in [0.29, 0.717) is 5.88 Å². The molecule has 1 aromatic carbocycles. The Hall–Kier alpha value is -1.43. The Balaban J connectivity index is 1.74. The Kier molecular flexibility index (Phi) is 5.94. The number of imidazole rings is 1. The number of benzene rings is 1. The smallest absolute Gasteiger partial charge is 0.191 e. The third-order valence-electron chi connectivity index (χ3n) is 5.72. The Morgan fingerprint density at radius 2 is 1.85 bits per heavy atom. The summed E-state index contributed by atoms with van der Waals surface area (Å²) in [6, 6.07) is 8.22. The minimum absolute atomic E-state index is 0.255. The van der Waals surface area contributed by atoms with E-state index in [1.165, 1.54) is 0 Å². The van der Waals surface area contributed by atoms with Crippen LogP contribution in [0.3, 0.4) is 0 Å². The Bertz CT molecular complexity index is 930. The van der Waals surface area contributed by atoms with Crippen molar-refractivity contribution in [2.75, 3.05) is 6.61 Å². The summed E-state index contributed by atoms with van der Waals surface area (Å²) in [4.78, 5) is 9.22. The van der Waals surface area contributed by atoms with Crippen molar-refractivity contribution in [3.8, 4) is 0 Å². The molecular formula is C21H30ClN3OSi. The Labute approximate surface area is 168 Å². The molecule has 0 radical (unpaired) electrons. The van der Waals surface area contributed by atoms with E-state index in [-0.39, 0.29) is 5.04 Å². The molecule has 0 aliphatic rings. The van der Waals surface area contributed by atoms with Crippen molar-refractivity contribution in [2.24, 2.45) is 0 Å². The van der Waals surface area contributed by atoms with E-state index in [1.807, 2.05) is 24.4 Å². The topological polar surface area (TPSA) is 39.9 Å². The maximum atomic E-state index is 6.31. The lowest BCUT2D eigenvalue weighted by molar-refractivity contribution is 0.276. The van der Waals surface area contributed by atoms with Crippen LogP contribution in [0, 0.1) is 0 Å². The number of alkyl halides is 1. The molecule has 27 heavy (non-hydrogen) atoms. The van der Waals surface area contributed by atoms with Gasteiger partial charge in [0.2, 0.25) is 0 Å². The van der Waals surface area contributed by atoms with Gasteiger partial charge >= 0.3 is 0 Å². The summed E-state index contributed by atoms with van der Waals surface area (Å²) in [5, 5.41) is 1.39. The van der Waals surface area contributed by atoms with Crippen molar-refractivity contribution in [3.63, 3.8) is 0 Å². The van der Waals surface area contributed by atoms with Crippen LogP contribution >= 0.6 is 11.6 Å². The van der Waals surface area contributed by atoms with Crippen molar-refractivity contribution < 1.29 is 4.43 Å². The molecule has 0 spiro atoms. The van der Waals surface area contributed by atoms with Gasteiger partial charge in [-0.15, -0.1) is 11.6 Å². The van der Waals surface area contributed by atoms with Crippen molar-refractivity contribution in [2.45, 2.75) is 64.2 Å². The highest BCUT2D eigenvalue weighted by atomic mass is 35.5. The number of halogens is 1. The lowest BCUT2D eigenvalue weighted by atomic mass is 10.2. The molecule has 0 unspecified atom stereocenters. The fourth-order valence-electron chi connectivity index (χ4n) is 3.07. The second-order valence-electron chi connectivity index (χ2n) is 8.64. The molecule has 0 atom stereocenters. The number of para-hydroxylation sites is 1. The summed E-state index contributed by atoms with van der Waals surface area (Å²) in [6.45, 7) is 13.2. The minimum Gasteiger partial charge on any atom is -0.417 e. The van der Waals surface area contributed by atoms with E-state index in [1.54, 1.807) is 0 Å². The maximum Gasteiger partial charge on any atom is 0.191 e. The average molecular weight is 404 g/mol. The first-order valence-corrected chi connectivity index (χ1v) is 13.1. The molecule has 0 saturated carbocycles. The van der Waals surface area contributed by atoms with Gasteiger partial charge < -0.3 is 8.99 Å². The van der Waals surface area contributed by atoms with Gasteiger partial charge in [-0.25, -0.2) is 4.98 Å². The van der Waals surface area contributed by atoms with Crippen LogP contribution in [-0.4, -0.2) is 29.5 Å². The van der Waals surface area contributed by atoms with Gasteiger partial charge in [0.15, 0.2) is 8.32 Å². The van der Waals surface area contributed by atoms with Crippen molar-refractivity contribution in [1.29, 1.82) is 0 Å². The number of fused-ring (bicyclic) bond motifs is 3. The number of pyridine rings is 1. The molecule has 0 saturated heterocycles. The second kappa shape index (κ2) is 7.90. The van der Waals surface area contributed by atoms with E-state index in [2.05, 4.69) is 49.5 Å². The quantitative estimate of drug-likeness (QED) is 0.271. The molecule has 0 N–H and O–H groups in total. The number of nitrogens with zero attached hydrogens (tertiary/aromatic N) is 3. The second-order valence-corrected chi connectivity index (χ2v) is 13.7. The van der Waals surface area contributed by atoms with Crippen LogP contribution in [0.4, 0.5) is 0 Å². The standard InChI is InChI=1S/C21H30ClN3OSi/c1-21(2,3)27(4,5)26-13-9-8-12-25-19(14-22)24-18-15-23-17-11-7-6-10-16(17)20(18)25/h6-7,10-11,15H,8-9,12-14H2,1-5H3. The zero-order chi connectivity index (χ0) is 19.7. The van der Waals surface area contributed by atoms with E-state index >= 15 is 0 Å². The van der Waals surface area contributed by atoms with Crippen molar-refractivity contribution in [3.05, 3.63) is 36.3 Å². The van der Waals surface area contributed by atoms with Gasteiger partial charge in [0, 0.05) is 18.5 Å². The van der Waals surface area contributed by atoms with Crippen LogP contribution in [0.1, 0.15) is 39.4 Å². The van der Waals surface area contributed by atoms with E-state index in [4.69, 9.17) is 21.0 Å². The van der Waals surface area contributed by atoms with E-state index < -0.39 is 8.32 Å². The highest BCUT2D eigenvalue weighted by molar-refractivity contribution is 6.74. The highest BCUT2D eigenvalue weighted by Crippen LogP contribution is 2.36. The zero-order valence-electron chi connectivity index (χ0n) is 17.1. The van der Waals surface area contributed by atoms with Gasteiger partial charge in [0.25, 0.3) is 0 Å². The zero-order valence-corrected chi connectivity index (χ0v) is 18.8. The molecule has 0 bridgehead atoms. The number of hydrogen-bond acceptors (Lipinski definition) is 3. The predicted octanol–water partition coefficient (Wildman–Crippen LogP) is 6.13. The first kappa shape index (κ1) is 20.3.